The van der Waals surface area contributed by atoms with Crippen molar-refractivity contribution in [1.82, 2.24) is 34.7 Å². The van der Waals surface area contributed by atoms with E-state index in [1.807, 2.05) is 12.1 Å². The monoisotopic (exact) mass is 538 g/mol. The van der Waals surface area contributed by atoms with Gasteiger partial charge in [-0.3, -0.25) is 4.90 Å². The Labute approximate surface area is 221 Å². The van der Waals surface area contributed by atoms with Crippen molar-refractivity contribution in [3.8, 4) is 11.3 Å². The van der Waals surface area contributed by atoms with Crippen molar-refractivity contribution in [1.29, 1.82) is 0 Å². The Morgan fingerprint density at radius 3 is 2.54 bits per heavy atom. The maximum absolute atomic E-state index is 15.0. The minimum atomic E-state index is -2.62. The molecule has 3 aliphatic heterocycles. The zero-order chi connectivity index (χ0) is 26.7. The number of hydrogen-bond donors (Lipinski definition) is 2. The van der Waals surface area contributed by atoms with Gasteiger partial charge in [0.1, 0.15) is 22.9 Å². The fourth-order valence-electron chi connectivity index (χ4n) is 6.20. The molecule has 7 rings (SSSR count). The van der Waals surface area contributed by atoms with Crippen LogP contribution in [0.5, 0.6) is 0 Å². The van der Waals surface area contributed by atoms with Gasteiger partial charge < -0.3 is 15.2 Å². The maximum atomic E-state index is 15.0. The van der Waals surface area contributed by atoms with Gasteiger partial charge in [-0.1, -0.05) is 6.07 Å². The molecular weight excluding hydrogens is 512 g/mol. The Hall–Kier alpha value is -3.64. The highest BCUT2D eigenvalue weighted by Gasteiger charge is 2.36. The summed E-state index contributed by atoms with van der Waals surface area (Å²) in [5.74, 6) is -0.526. The molecule has 3 aromatic heterocycles. The van der Waals surface area contributed by atoms with Gasteiger partial charge in [0.2, 0.25) is 5.95 Å². The second-order valence-corrected chi connectivity index (χ2v) is 10.4. The first-order valence-corrected chi connectivity index (χ1v) is 13.1. The third-order valence-corrected chi connectivity index (χ3v) is 8.09. The van der Waals surface area contributed by atoms with Gasteiger partial charge >= 0.3 is 0 Å². The van der Waals surface area contributed by atoms with Crippen LogP contribution in [0.3, 0.4) is 0 Å². The van der Waals surface area contributed by atoms with Gasteiger partial charge in [-0.15, -0.1) is 0 Å². The number of benzene rings is 1. The first-order chi connectivity index (χ1) is 18.9. The molecule has 0 amide bonds. The summed E-state index contributed by atoms with van der Waals surface area (Å²) in [6.45, 7) is 2.86. The number of rotatable bonds is 6. The first-order valence-electron chi connectivity index (χ1n) is 13.1. The van der Waals surface area contributed by atoms with Crippen LogP contribution in [0, 0.1) is 11.6 Å². The lowest BCUT2D eigenvalue weighted by atomic mass is 10.1. The van der Waals surface area contributed by atoms with E-state index in [-0.39, 0.29) is 34.7 Å². The lowest BCUT2D eigenvalue weighted by molar-refractivity contribution is 0.0883. The van der Waals surface area contributed by atoms with E-state index in [4.69, 9.17) is 0 Å². The zero-order valence-corrected chi connectivity index (χ0v) is 20.9. The van der Waals surface area contributed by atoms with Crippen LogP contribution in [-0.2, 0) is 13.0 Å². The molecule has 8 nitrogen and oxygen atoms in total. The average molecular weight is 539 g/mol. The molecule has 2 N–H and O–H groups in total. The Morgan fingerprint density at radius 2 is 1.79 bits per heavy atom. The molecule has 4 aromatic rings. The summed E-state index contributed by atoms with van der Waals surface area (Å²) in [6.07, 6.45) is 3.15. The van der Waals surface area contributed by atoms with Gasteiger partial charge in [-0.05, 0) is 43.0 Å². The summed E-state index contributed by atoms with van der Waals surface area (Å²) in [5, 5.41) is 6.46. The summed E-state index contributed by atoms with van der Waals surface area (Å²) in [7, 11) is 0. The van der Waals surface area contributed by atoms with E-state index in [0.29, 0.717) is 30.1 Å². The SMILES string of the molecule is Fc1cnc(Nc2ccc(CN3C4CCC3CNC4)cn2)nc1-c1cc(F)c2nc3n(c2c1)C(C(F)F)CC3. The van der Waals surface area contributed by atoms with E-state index < -0.39 is 24.1 Å². The van der Waals surface area contributed by atoms with Crippen molar-refractivity contribution in [3.63, 3.8) is 0 Å². The zero-order valence-electron chi connectivity index (χ0n) is 20.9. The number of fused-ring (bicyclic) bond motifs is 5. The molecular formula is C27H26F4N8. The third-order valence-electron chi connectivity index (χ3n) is 8.09. The molecule has 6 heterocycles. The number of aryl methyl sites for hydroxylation is 1. The molecule has 12 heteroatoms. The van der Waals surface area contributed by atoms with Crippen molar-refractivity contribution in [2.24, 2.45) is 0 Å². The lowest BCUT2D eigenvalue weighted by Crippen LogP contribution is -2.51. The fourth-order valence-corrected chi connectivity index (χ4v) is 6.20. The molecule has 3 atom stereocenters. The molecule has 2 saturated heterocycles. The summed E-state index contributed by atoms with van der Waals surface area (Å²) in [4.78, 5) is 19.5. The summed E-state index contributed by atoms with van der Waals surface area (Å²) in [6, 6.07) is 6.41. The van der Waals surface area contributed by atoms with Gasteiger partial charge in [-0.2, -0.15) is 0 Å². The Kier molecular flexibility index (Phi) is 5.96. The largest absolute Gasteiger partial charge is 0.319 e. The number of nitrogens with zero attached hydrogens (tertiary/aromatic N) is 6. The molecule has 2 bridgehead atoms. The van der Waals surface area contributed by atoms with Crippen LogP contribution in [0.4, 0.5) is 29.3 Å². The van der Waals surface area contributed by atoms with E-state index >= 15 is 0 Å². The molecule has 202 valence electrons. The first kappa shape index (κ1) is 24.4. The number of hydrogen-bond acceptors (Lipinski definition) is 7. The van der Waals surface area contributed by atoms with E-state index in [0.717, 1.165) is 37.5 Å². The smallest absolute Gasteiger partial charge is 0.259 e. The predicted octanol–water partition coefficient (Wildman–Crippen LogP) is 4.60. The number of alkyl halides is 2. The van der Waals surface area contributed by atoms with Crippen LogP contribution in [0.1, 0.15) is 36.7 Å². The van der Waals surface area contributed by atoms with E-state index in [9.17, 15) is 17.6 Å². The molecule has 0 radical (unpaired) electrons. The lowest BCUT2D eigenvalue weighted by Gasteiger charge is -2.35. The Morgan fingerprint density at radius 1 is 0.974 bits per heavy atom. The van der Waals surface area contributed by atoms with Crippen LogP contribution < -0.4 is 10.6 Å². The maximum Gasteiger partial charge on any atom is 0.259 e. The third kappa shape index (κ3) is 4.31. The second-order valence-electron chi connectivity index (χ2n) is 10.4. The predicted molar refractivity (Wildman–Crippen MR) is 137 cm³/mol. The Balaban J connectivity index is 1.14. The summed E-state index contributed by atoms with van der Waals surface area (Å²) < 4.78 is 58.4. The molecule has 39 heavy (non-hydrogen) atoms. The van der Waals surface area contributed by atoms with Crippen molar-refractivity contribution >= 4 is 22.8 Å². The van der Waals surface area contributed by atoms with Crippen molar-refractivity contribution in [3.05, 3.63) is 59.7 Å². The van der Waals surface area contributed by atoms with Gasteiger partial charge in [-0.25, -0.2) is 37.5 Å². The van der Waals surface area contributed by atoms with Crippen LogP contribution in [0.15, 0.2) is 36.7 Å². The highest BCUT2D eigenvalue weighted by molar-refractivity contribution is 5.83. The standard InChI is InChI=1S/C27H26F4N8/c28-18-7-15(8-21-25(18)36-23-6-4-20(26(30)31)39(21)23)24-19(29)12-34-27(37-24)35-22-5-1-14(9-33-22)13-38-16-2-3-17(38)11-32-10-16/h1,5,7-9,12,16-17,20,26,32H,2-4,6,10-11,13H2,(H,33,34,35,37). The highest BCUT2D eigenvalue weighted by Crippen LogP contribution is 2.37. The van der Waals surface area contributed by atoms with Gasteiger partial charge in [0.15, 0.2) is 11.6 Å². The topological polar surface area (TPSA) is 83.8 Å². The number of aromatic nitrogens is 5. The summed E-state index contributed by atoms with van der Waals surface area (Å²) >= 11 is 0. The molecule has 0 saturated carbocycles. The number of imidazole rings is 1. The van der Waals surface area contributed by atoms with Gasteiger partial charge in [0.25, 0.3) is 6.43 Å². The quantitative estimate of drug-likeness (QED) is 0.347. The molecule has 0 spiro atoms. The fraction of sp³-hybridized carbons (Fsp3) is 0.407. The van der Waals surface area contributed by atoms with Crippen LogP contribution in [0.2, 0.25) is 0 Å². The van der Waals surface area contributed by atoms with Gasteiger partial charge in [0.05, 0.1) is 17.8 Å². The average Bonchev–Trinajstić information content (AvgIpc) is 3.56. The second kappa shape index (κ2) is 9.53. The van der Waals surface area contributed by atoms with E-state index in [1.165, 1.54) is 23.5 Å². The summed E-state index contributed by atoms with van der Waals surface area (Å²) in [5.41, 5.74) is 1.25. The van der Waals surface area contributed by atoms with Crippen LogP contribution in [0.25, 0.3) is 22.3 Å². The van der Waals surface area contributed by atoms with E-state index in [2.05, 4.69) is 35.5 Å². The van der Waals surface area contributed by atoms with Crippen molar-refractivity contribution in [2.45, 2.75) is 56.8 Å². The normalized spacial score (nSPS) is 22.6. The minimum absolute atomic E-state index is 0.00924. The highest BCUT2D eigenvalue weighted by atomic mass is 19.3. The Bertz CT molecular complexity index is 1520. The minimum Gasteiger partial charge on any atom is -0.319 e. The van der Waals surface area contributed by atoms with Crippen LogP contribution in [-0.4, -0.2) is 61.0 Å². The van der Waals surface area contributed by atoms with E-state index in [1.54, 1.807) is 6.20 Å². The molecule has 3 aliphatic rings. The number of pyridine rings is 1. The molecule has 1 aromatic carbocycles. The van der Waals surface area contributed by atoms with Crippen molar-refractivity contribution in [2.75, 3.05) is 18.4 Å². The number of anilines is 2. The van der Waals surface area contributed by atoms with Crippen LogP contribution >= 0.6 is 0 Å². The molecule has 0 aliphatic carbocycles. The number of halogens is 4. The van der Waals surface area contributed by atoms with Gasteiger partial charge in [0, 0.05) is 49.9 Å². The number of piperazine rings is 1. The number of nitrogens with one attached hydrogen (secondary N) is 2. The molecule has 2 fully saturated rings. The van der Waals surface area contributed by atoms with Crippen molar-refractivity contribution < 1.29 is 17.6 Å². The molecule has 3 unspecified atom stereocenters.